The van der Waals surface area contributed by atoms with Crippen LogP contribution in [-0.2, 0) is 0 Å². The molecular formula is C12H13N3S. The highest BCUT2D eigenvalue weighted by molar-refractivity contribution is 7.99. The first-order chi connectivity index (χ1) is 7.65. The summed E-state index contributed by atoms with van der Waals surface area (Å²) in [7, 11) is 0. The molecule has 2 N–H and O–H groups in total. The van der Waals surface area contributed by atoms with Crippen LogP contribution in [0.3, 0.4) is 0 Å². The van der Waals surface area contributed by atoms with Crippen molar-refractivity contribution in [2.45, 2.75) is 23.9 Å². The standard InChI is InChI=1S/C12H13N3S/c1-8-7-10(3-4-11(8)13)16-12-14-6-5-9(2)15-12/h3-7H,13H2,1-2H3. The molecule has 0 spiro atoms. The molecule has 4 heteroatoms. The molecule has 0 atom stereocenters. The van der Waals surface area contributed by atoms with Crippen LogP contribution in [0, 0.1) is 13.8 Å². The molecule has 2 rings (SSSR count). The van der Waals surface area contributed by atoms with Crippen LogP contribution in [-0.4, -0.2) is 9.97 Å². The summed E-state index contributed by atoms with van der Waals surface area (Å²) >= 11 is 1.55. The normalized spacial score (nSPS) is 10.4. The van der Waals surface area contributed by atoms with Gasteiger partial charge in [-0.2, -0.15) is 0 Å². The summed E-state index contributed by atoms with van der Waals surface area (Å²) in [6.07, 6.45) is 1.77. The van der Waals surface area contributed by atoms with Crippen LogP contribution in [0.4, 0.5) is 5.69 Å². The Kier molecular flexibility index (Phi) is 3.10. The molecule has 0 aliphatic rings. The number of benzene rings is 1. The van der Waals surface area contributed by atoms with Gasteiger partial charge in [0.25, 0.3) is 0 Å². The lowest BCUT2D eigenvalue weighted by atomic mass is 10.2. The quantitative estimate of drug-likeness (QED) is 0.638. The molecule has 0 amide bonds. The first-order valence-electron chi connectivity index (χ1n) is 4.99. The van der Waals surface area contributed by atoms with Gasteiger partial charge in [-0.15, -0.1) is 0 Å². The molecule has 16 heavy (non-hydrogen) atoms. The van der Waals surface area contributed by atoms with Gasteiger partial charge in [-0.25, -0.2) is 9.97 Å². The van der Waals surface area contributed by atoms with E-state index in [4.69, 9.17) is 5.73 Å². The molecule has 1 heterocycles. The first-order valence-corrected chi connectivity index (χ1v) is 5.80. The maximum absolute atomic E-state index is 5.77. The lowest BCUT2D eigenvalue weighted by Crippen LogP contribution is -1.90. The average Bonchev–Trinajstić information content (AvgIpc) is 2.24. The molecule has 0 aliphatic carbocycles. The number of rotatable bonds is 2. The summed E-state index contributed by atoms with van der Waals surface area (Å²) in [4.78, 5) is 9.66. The number of nitrogen functional groups attached to an aromatic ring is 1. The van der Waals surface area contributed by atoms with Crippen LogP contribution in [0.15, 0.2) is 40.5 Å². The summed E-state index contributed by atoms with van der Waals surface area (Å²) < 4.78 is 0. The Balaban J connectivity index is 2.24. The van der Waals surface area contributed by atoms with Crippen molar-refractivity contribution in [3.8, 4) is 0 Å². The van der Waals surface area contributed by atoms with E-state index in [1.807, 2.05) is 38.1 Å². The second kappa shape index (κ2) is 4.53. The van der Waals surface area contributed by atoms with Crippen LogP contribution in [0.5, 0.6) is 0 Å². The minimum absolute atomic E-state index is 0.768. The van der Waals surface area contributed by atoms with E-state index in [0.29, 0.717) is 0 Å². The number of hydrogen-bond acceptors (Lipinski definition) is 4. The summed E-state index contributed by atoms with van der Waals surface area (Å²) in [5, 5.41) is 0.768. The second-order valence-corrected chi connectivity index (χ2v) is 4.64. The van der Waals surface area contributed by atoms with E-state index in [2.05, 4.69) is 9.97 Å². The highest BCUT2D eigenvalue weighted by Gasteiger charge is 2.02. The van der Waals surface area contributed by atoms with Crippen LogP contribution >= 0.6 is 11.8 Å². The van der Waals surface area contributed by atoms with Crippen LogP contribution in [0.2, 0.25) is 0 Å². The van der Waals surface area contributed by atoms with Crippen LogP contribution < -0.4 is 5.73 Å². The number of hydrogen-bond donors (Lipinski definition) is 1. The molecule has 3 nitrogen and oxygen atoms in total. The van der Waals surface area contributed by atoms with Gasteiger partial charge in [-0.05, 0) is 55.4 Å². The predicted molar refractivity (Wildman–Crippen MR) is 66.5 cm³/mol. The van der Waals surface area contributed by atoms with Gasteiger partial charge in [0.15, 0.2) is 5.16 Å². The van der Waals surface area contributed by atoms with E-state index < -0.39 is 0 Å². The van der Waals surface area contributed by atoms with E-state index >= 15 is 0 Å². The molecule has 0 fully saturated rings. The number of nitrogens with zero attached hydrogens (tertiary/aromatic N) is 2. The third kappa shape index (κ3) is 2.52. The largest absolute Gasteiger partial charge is 0.399 e. The highest BCUT2D eigenvalue weighted by atomic mass is 32.2. The van der Waals surface area contributed by atoms with Gasteiger partial charge < -0.3 is 5.73 Å². The second-order valence-electron chi connectivity index (χ2n) is 3.60. The summed E-state index contributed by atoms with van der Waals surface area (Å²) in [5.41, 5.74) is 8.64. The molecule has 0 aliphatic heterocycles. The third-order valence-electron chi connectivity index (χ3n) is 2.22. The fraction of sp³-hybridized carbons (Fsp3) is 0.167. The van der Waals surface area contributed by atoms with Crippen molar-refractivity contribution >= 4 is 17.4 Å². The van der Waals surface area contributed by atoms with Gasteiger partial charge in [0.1, 0.15) is 0 Å². The van der Waals surface area contributed by atoms with E-state index in [1.54, 1.807) is 18.0 Å². The monoisotopic (exact) mass is 231 g/mol. The summed E-state index contributed by atoms with van der Waals surface area (Å²) in [6, 6.07) is 7.83. The average molecular weight is 231 g/mol. The van der Waals surface area contributed by atoms with Crippen molar-refractivity contribution in [1.82, 2.24) is 9.97 Å². The molecule has 0 radical (unpaired) electrons. The van der Waals surface area contributed by atoms with Crippen molar-refractivity contribution < 1.29 is 0 Å². The van der Waals surface area contributed by atoms with Gasteiger partial charge in [0.05, 0.1) is 0 Å². The van der Waals surface area contributed by atoms with Gasteiger partial charge in [-0.1, -0.05) is 0 Å². The lowest BCUT2D eigenvalue weighted by molar-refractivity contribution is 0.932. The number of anilines is 1. The third-order valence-corrected chi connectivity index (χ3v) is 3.09. The van der Waals surface area contributed by atoms with Gasteiger partial charge >= 0.3 is 0 Å². The smallest absolute Gasteiger partial charge is 0.192 e. The summed E-state index contributed by atoms with van der Waals surface area (Å²) in [5.74, 6) is 0. The fourth-order valence-corrected chi connectivity index (χ4v) is 2.18. The minimum atomic E-state index is 0.768. The zero-order valence-electron chi connectivity index (χ0n) is 9.27. The van der Waals surface area contributed by atoms with Crippen molar-refractivity contribution in [3.05, 3.63) is 41.7 Å². The number of nitrogens with two attached hydrogens (primary N) is 1. The molecule has 0 saturated carbocycles. The molecule has 1 aromatic heterocycles. The van der Waals surface area contributed by atoms with Gasteiger partial charge in [0.2, 0.25) is 0 Å². The van der Waals surface area contributed by atoms with Crippen LogP contribution in [0.1, 0.15) is 11.3 Å². The topological polar surface area (TPSA) is 51.8 Å². The molecule has 0 saturated heterocycles. The zero-order chi connectivity index (χ0) is 11.5. The van der Waals surface area contributed by atoms with E-state index in [0.717, 1.165) is 27.0 Å². The molecule has 2 aromatic rings. The highest BCUT2D eigenvalue weighted by Crippen LogP contribution is 2.26. The predicted octanol–water partition coefficient (Wildman–Crippen LogP) is 2.83. The fourth-order valence-electron chi connectivity index (χ4n) is 1.29. The van der Waals surface area contributed by atoms with Crippen molar-refractivity contribution in [2.75, 3.05) is 5.73 Å². The molecule has 1 aromatic carbocycles. The molecule has 0 unspecified atom stereocenters. The minimum Gasteiger partial charge on any atom is -0.399 e. The molecule has 82 valence electrons. The Labute approximate surface area is 99.1 Å². The van der Waals surface area contributed by atoms with Crippen LogP contribution in [0.25, 0.3) is 0 Å². The Hall–Kier alpha value is -1.55. The van der Waals surface area contributed by atoms with E-state index in [1.165, 1.54) is 0 Å². The van der Waals surface area contributed by atoms with Gasteiger partial charge in [-0.3, -0.25) is 0 Å². The Morgan fingerprint density at radius 2 is 2.00 bits per heavy atom. The number of aryl methyl sites for hydroxylation is 2. The van der Waals surface area contributed by atoms with E-state index in [-0.39, 0.29) is 0 Å². The maximum atomic E-state index is 5.77. The zero-order valence-corrected chi connectivity index (χ0v) is 10.1. The van der Waals surface area contributed by atoms with Crippen molar-refractivity contribution in [1.29, 1.82) is 0 Å². The Morgan fingerprint density at radius 1 is 1.19 bits per heavy atom. The maximum Gasteiger partial charge on any atom is 0.192 e. The Bertz CT molecular complexity index is 511. The van der Waals surface area contributed by atoms with Gasteiger partial charge in [0, 0.05) is 22.5 Å². The van der Waals surface area contributed by atoms with Crippen molar-refractivity contribution in [2.24, 2.45) is 0 Å². The molecular weight excluding hydrogens is 218 g/mol. The number of aromatic nitrogens is 2. The van der Waals surface area contributed by atoms with E-state index in [9.17, 15) is 0 Å². The summed E-state index contributed by atoms with van der Waals surface area (Å²) in [6.45, 7) is 3.95. The molecule has 0 bridgehead atoms. The van der Waals surface area contributed by atoms with Crippen molar-refractivity contribution in [3.63, 3.8) is 0 Å². The Morgan fingerprint density at radius 3 is 2.69 bits per heavy atom. The SMILES string of the molecule is Cc1ccnc(Sc2ccc(N)c(C)c2)n1. The first kappa shape index (κ1) is 11.0. The lowest BCUT2D eigenvalue weighted by Gasteiger charge is -2.04.